The van der Waals surface area contributed by atoms with Crippen LogP contribution in [0.3, 0.4) is 0 Å². The van der Waals surface area contributed by atoms with Crippen LogP contribution in [0.4, 0.5) is 0 Å². The summed E-state index contributed by atoms with van der Waals surface area (Å²) in [7, 11) is 1.73. The third kappa shape index (κ3) is 5.25. The van der Waals surface area contributed by atoms with Gasteiger partial charge in [0.05, 0.1) is 11.6 Å². The van der Waals surface area contributed by atoms with Crippen molar-refractivity contribution in [3.05, 3.63) is 16.6 Å². The summed E-state index contributed by atoms with van der Waals surface area (Å²) >= 11 is 1.75. The van der Waals surface area contributed by atoms with Crippen molar-refractivity contribution in [2.45, 2.75) is 19.8 Å². The van der Waals surface area contributed by atoms with Crippen molar-refractivity contribution >= 4 is 11.3 Å². The topological polar surface area (TPSA) is 34.1 Å². The smallest absolute Gasteiger partial charge is 0.0928 e. The van der Waals surface area contributed by atoms with Gasteiger partial charge in [-0.3, -0.25) is 0 Å². The second-order valence-electron chi connectivity index (χ2n) is 3.60. The van der Waals surface area contributed by atoms with Gasteiger partial charge >= 0.3 is 0 Å². The molecule has 1 aromatic rings. The van der Waals surface area contributed by atoms with Crippen LogP contribution < -0.4 is 5.32 Å². The first kappa shape index (κ1) is 12.6. The van der Waals surface area contributed by atoms with Crippen LogP contribution in [0.15, 0.2) is 11.6 Å². The van der Waals surface area contributed by atoms with Crippen molar-refractivity contribution < 1.29 is 4.74 Å². The number of hydrogen-bond acceptors (Lipinski definition) is 4. The lowest BCUT2D eigenvalue weighted by atomic mass is 10.0. The van der Waals surface area contributed by atoms with Gasteiger partial charge < -0.3 is 10.1 Å². The number of methoxy groups -OCH3 is 1. The van der Waals surface area contributed by atoms with Gasteiger partial charge in [-0.05, 0) is 12.5 Å². The molecule has 0 fully saturated rings. The van der Waals surface area contributed by atoms with Crippen LogP contribution >= 0.6 is 11.3 Å². The molecule has 1 atom stereocenters. The third-order valence-electron chi connectivity index (χ3n) is 2.44. The van der Waals surface area contributed by atoms with Crippen LogP contribution in [-0.4, -0.2) is 31.8 Å². The molecule has 0 radical (unpaired) electrons. The van der Waals surface area contributed by atoms with E-state index in [9.17, 15) is 0 Å². The van der Waals surface area contributed by atoms with Gasteiger partial charge in [0.1, 0.15) is 0 Å². The van der Waals surface area contributed by atoms with Gasteiger partial charge in [-0.25, -0.2) is 4.98 Å². The molecule has 3 nitrogen and oxygen atoms in total. The zero-order valence-corrected chi connectivity index (χ0v) is 10.3. The molecule has 4 heteroatoms. The first-order valence-corrected chi connectivity index (χ1v) is 6.32. The minimum absolute atomic E-state index is 0.688. The van der Waals surface area contributed by atoms with Gasteiger partial charge in [0.15, 0.2) is 0 Å². The molecule has 0 saturated heterocycles. The Kier molecular flexibility index (Phi) is 6.55. The maximum Gasteiger partial charge on any atom is 0.0928 e. The molecule has 1 rings (SSSR count). The number of rotatable bonds is 8. The molecule has 0 aliphatic heterocycles. The Balaban J connectivity index is 2.18. The minimum atomic E-state index is 0.688. The molecule has 1 aromatic heterocycles. The first-order chi connectivity index (χ1) is 7.36. The summed E-state index contributed by atoms with van der Waals surface area (Å²) in [5.41, 5.74) is 0. The predicted molar refractivity (Wildman–Crippen MR) is 64.3 cm³/mol. The Morgan fingerprint density at radius 2 is 2.47 bits per heavy atom. The lowest BCUT2D eigenvalue weighted by Gasteiger charge is -2.13. The van der Waals surface area contributed by atoms with Gasteiger partial charge in [-0.15, -0.1) is 11.3 Å². The molecule has 1 unspecified atom stereocenters. The van der Waals surface area contributed by atoms with E-state index in [1.54, 1.807) is 18.4 Å². The fourth-order valence-corrected chi connectivity index (χ4v) is 2.17. The molecule has 15 heavy (non-hydrogen) atoms. The van der Waals surface area contributed by atoms with Gasteiger partial charge in [-0.2, -0.15) is 0 Å². The van der Waals surface area contributed by atoms with E-state index in [1.165, 1.54) is 11.4 Å². The average molecular weight is 228 g/mol. The fourth-order valence-electron chi connectivity index (χ4n) is 1.44. The van der Waals surface area contributed by atoms with E-state index in [1.807, 2.05) is 11.6 Å². The molecule has 0 saturated carbocycles. The monoisotopic (exact) mass is 228 g/mol. The number of thiazole rings is 1. The Hall–Kier alpha value is -0.450. The molecule has 0 aliphatic rings. The van der Waals surface area contributed by atoms with Crippen molar-refractivity contribution in [2.24, 2.45) is 5.92 Å². The number of nitrogens with one attached hydrogen (secondary N) is 1. The SMILES string of the molecule is CCC(CNCCOC)Cc1nccs1. The molecular weight excluding hydrogens is 208 g/mol. The highest BCUT2D eigenvalue weighted by molar-refractivity contribution is 7.09. The molecular formula is C11H20N2OS. The highest BCUT2D eigenvalue weighted by atomic mass is 32.1. The largest absolute Gasteiger partial charge is 0.383 e. The highest BCUT2D eigenvalue weighted by Crippen LogP contribution is 2.13. The van der Waals surface area contributed by atoms with Gasteiger partial charge in [0, 0.05) is 31.7 Å². The third-order valence-corrected chi connectivity index (χ3v) is 3.24. The first-order valence-electron chi connectivity index (χ1n) is 5.44. The predicted octanol–water partition coefficient (Wildman–Crippen LogP) is 1.95. The molecule has 1 N–H and O–H groups in total. The minimum Gasteiger partial charge on any atom is -0.383 e. The van der Waals surface area contributed by atoms with E-state index in [0.717, 1.165) is 26.1 Å². The van der Waals surface area contributed by atoms with Crippen LogP contribution in [0.1, 0.15) is 18.4 Å². The van der Waals surface area contributed by atoms with Crippen molar-refractivity contribution in [3.8, 4) is 0 Å². The van der Waals surface area contributed by atoms with E-state index < -0.39 is 0 Å². The lowest BCUT2D eigenvalue weighted by molar-refractivity contribution is 0.197. The normalized spacial score (nSPS) is 12.9. The quantitative estimate of drug-likeness (QED) is 0.691. The number of aromatic nitrogens is 1. The summed E-state index contributed by atoms with van der Waals surface area (Å²) in [5, 5.41) is 6.69. The Labute approximate surface area is 95.9 Å². The lowest BCUT2D eigenvalue weighted by Crippen LogP contribution is -2.26. The molecule has 0 amide bonds. The van der Waals surface area contributed by atoms with E-state index in [2.05, 4.69) is 17.2 Å². The van der Waals surface area contributed by atoms with Crippen molar-refractivity contribution in [1.29, 1.82) is 0 Å². The second kappa shape index (κ2) is 7.79. The second-order valence-corrected chi connectivity index (χ2v) is 4.58. The maximum absolute atomic E-state index is 4.99. The standard InChI is InChI=1S/C11H20N2OS/c1-3-10(9-12-4-6-14-2)8-11-13-5-7-15-11/h5,7,10,12H,3-4,6,8-9H2,1-2H3. The van der Waals surface area contributed by atoms with Gasteiger partial charge in [0.25, 0.3) is 0 Å². The van der Waals surface area contributed by atoms with Gasteiger partial charge in [0.2, 0.25) is 0 Å². The van der Waals surface area contributed by atoms with Crippen LogP contribution in [0, 0.1) is 5.92 Å². The fraction of sp³-hybridized carbons (Fsp3) is 0.727. The summed E-state index contributed by atoms with van der Waals surface area (Å²) in [6, 6.07) is 0. The van der Waals surface area contributed by atoms with E-state index >= 15 is 0 Å². The highest BCUT2D eigenvalue weighted by Gasteiger charge is 2.08. The van der Waals surface area contributed by atoms with E-state index in [-0.39, 0.29) is 0 Å². The zero-order valence-electron chi connectivity index (χ0n) is 9.53. The molecule has 0 aromatic carbocycles. The summed E-state index contributed by atoms with van der Waals surface area (Å²) in [6.45, 7) is 5.01. The van der Waals surface area contributed by atoms with Crippen molar-refractivity contribution in [2.75, 3.05) is 26.8 Å². The Morgan fingerprint density at radius 1 is 1.60 bits per heavy atom. The van der Waals surface area contributed by atoms with Crippen LogP contribution in [-0.2, 0) is 11.2 Å². The number of nitrogens with zero attached hydrogens (tertiary/aromatic N) is 1. The summed E-state index contributed by atoms with van der Waals surface area (Å²) < 4.78 is 4.99. The van der Waals surface area contributed by atoms with Gasteiger partial charge in [-0.1, -0.05) is 13.3 Å². The number of hydrogen-bond donors (Lipinski definition) is 1. The van der Waals surface area contributed by atoms with Crippen molar-refractivity contribution in [3.63, 3.8) is 0 Å². The van der Waals surface area contributed by atoms with Crippen LogP contribution in [0.2, 0.25) is 0 Å². The summed E-state index contributed by atoms with van der Waals surface area (Å²) in [6.07, 6.45) is 4.17. The molecule has 0 bridgehead atoms. The molecule has 86 valence electrons. The maximum atomic E-state index is 4.99. The van der Waals surface area contributed by atoms with E-state index in [4.69, 9.17) is 4.74 Å². The number of ether oxygens (including phenoxy) is 1. The van der Waals surface area contributed by atoms with Crippen molar-refractivity contribution in [1.82, 2.24) is 10.3 Å². The zero-order chi connectivity index (χ0) is 10.9. The Bertz CT molecular complexity index is 239. The summed E-state index contributed by atoms with van der Waals surface area (Å²) in [5.74, 6) is 0.688. The average Bonchev–Trinajstić information content (AvgIpc) is 2.75. The van der Waals surface area contributed by atoms with Crippen LogP contribution in [0.25, 0.3) is 0 Å². The molecule has 1 heterocycles. The molecule has 0 aliphatic carbocycles. The van der Waals surface area contributed by atoms with E-state index in [0.29, 0.717) is 5.92 Å². The molecule has 0 spiro atoms. The Morgan fingerprint density at radius 3 is 3.07 bits per heavy atom. The van der Waals surface area contributed by atoms with Crippen LogP contribution in [0.5, 0.6) is 0 Å². The summed E-state index contributed by atoms with van der Waals surface area (Å²) in [4.78, 5) is 4.31.